The number of ether oxygens (including phenoxy) is 1. The van der Waals surface area contributed by atoms with Gasteiger partial charge in [0.25, 0.3) is 5.91 Å². The molecule has 2 heterocycles. The van der Waals surface area contributed by atoms with Crippen LogP contribution in [-0.4, -0.2) is 56.0 Å². The van der Waals surface area contributed by atoms with Crippen LogP contribution in [0, 0.1) is 6.92 Å². The van der Waals surface area contributed by atoms with Gasteiger partial charge in [-0.25, -0.2) is 0 Å². The van der Waals surface area contributed by atoms with Gasteiger partial charge in [0.1, 0.15) is 12.3 Å². The SMILES string of the molecule is Cc1cccc(N2CCN(C(=O)CN3C(=O)COc4cc(Br)ccc43)CC2)c1. The topological polar surface area (TPSA) is 53.1 Å². The largest absolute Gasteiger partial charge is 0.482 e. The first kappa shape index (κ1) is 18.8. The Kier molecular flexibility index (Phi) is 5.26. The van der Waals surface area contributed by atoms with Crippen molar-refractivity contribution in [3.05, 3.63) is 52.5 Å². The number of nitrogens with zero attached hydrogens (tertiary/aromatic N) is 3. The summed E-state index contributed by atoms with van der Waals surface area (Å²) in [6.45, 7) is 4.96. The molecule has 6 nitrogen and oxygen atoms in total. The Hall–Kier alpha value is -2.54. The quantitative estimate of drug-likeness (QED) is 0.731. The highest BCUT2D eigenvalue weighted by Gasteiger charge is 2.30. The Labute approximate surface area is 172 Å². The van der Waals surface area contributed by atoms with E-state index < -0.39 is 0 Å². The lowest BCUT2D eigenvalue weighted by molar-refractivity contribution is -0.132. The summed E-state index contributed by atoms with van der Waals surface area (Å²) in [5.41, 5.74) is 3.06. The number of rotatable bonds is 3. The van der Waals surface area contributed by atoms with Crippen molar-refractivity contribution in [2.75, 3.05) is 49.1 Å². The van der Waals surface area contributed by atoms with Crippen molar-refractivity contribution < 1.29 is 14.3 Å². The predicted octanol–water partition coefficient (Wildman–Crippen LogP) is 2.83. The van der Waals surface area contributed by atoms with E-state index in [-0.39, 0.29) is 25.0 Å². The highest BCUT2D eigenvalue weighted by Crippen LogP contribution is 2.34. The lowest BCUT2D eigenvalue weighted by Gasteiger charge is -2.37. The molecule has 1 saturated heterocycles. The molecule has 0 bridgehead atoms. The molecule has 0 saturated carbocycles. The van der Waals surface area contributed by atoms with Gasteiger partial charge in [0, 0.05) is 36.3 Å². The van der Waals surface area contributed by atoms with E-state index in [0.717, 1.165) is 17.6 Å². The van der Waals surface area contributed by atoms with Gasteiger partial charge in [-0.1, -0.05) is 28.1 Å². The molecule has 0 aromatic heterocycles. The highest BCUT2D eigenvalue weighted by atomic mass is 79.9. The van der Waals surface area contributed by atoms with E-state index in [9.17, 15) is 9.59 Å². The number of hydrogen-bond acceptors (Lipinski definition) is 4. The van der Waals surface area contributed by atoms with Crippen LogP contribution in [0.5, 0.6) is 5.75 Å². The number of fused-ring (bicyclic) bond motifs is 1. The zero-order valence-corrected chi connectivity index (χ0v) is 17.3. The molecule has 2 aliphatic heterocycles. The summed E-state index contributed by atoms with van der Waals surface area (Å²) in [6.07, 6.45) is 0. The maximum Gasteiger partial charge on any atom is 0.265 e. The number of aryl methyl sites for hydroxylation is 1. The van der Waals surface area contributed by atoms with Crippen LogP contribution in [0.25, 0.3) is 0 Å². The van der Waals surface area contributed by atoms with Gasteiger partial charge < -0.3 is 14.5 Å². The lowest BCUT2D eigenvalue weighted by Crippen LogP contribution is -2.53. The Morgan fingerprint density at radius 3 is 2.64 bits per heavy atom. The molecule has 146 valence electrons. The van der Waals surface area contributed by atoms with Crippen molar-refractivity contribution >= 4 is 39.1 Å². The number of carbonyl (C=O) groups is 2. The van der Waals surface area contributed by atoms with Crippen LogP contribution in [0.1, 0.15) is 5.56 Å². The summed E-state index contributed by atoms with van der Waals surface area (Å²) in [6, 6.07) is 13.9. The minimum atomic E-state index is -0.193. The zero-order valence-electron chi connectivity index (χ0n) is 15.7. The van der Waals surface area contributed by atoms with Crippen LogP contribution in [-0.2, 0) is 9.59 Å². The molecule has 0 aliphatic carbocycles. The second-order valence-corrected chi connectivity index (χ2v) is 8.00. The molecule has 28 heavy (non-hydrogen) atoms. The number of amides is 2. The Bertz CT molecular complexity index is 910. The molecule has 2 aromatic rings. The van der Waals surface area contributed by atoms with E-state index in [2.05, 4.69) is 52.0 Å². The van der Waals surface area contributed by atoms with Crippen LogP contribution in [0.3, 0.4) is 0 Å². The van der Waals surface area contributed by atoms with Crippen LogP contribution >= 0.6 is 15.9 Å². The molecule has 0 spiro atoms. The van der Waals surface area contributed by atoms with Crippen LogP contribution in [0.4, 0.5) is 11.4 Å². The second kappa shape index (κ2) is 7.83. The van der Waals surface area contributed by atoms with E-state index >= 15 is 0 Å². The third kappa shape index (κ3) is 3.85. The Morgan fingerprint density at radius 2 is 1.89 bits per heavy atom. The maximum atomic E-state index is 12.8. The van der Waals surface area contributed by atoms with Crippen molar-refractivity contribution in [1.82, 2.24) is 4.90 Å². The average molecular weight is 444 g/mol. The molecule has 0 radical (unpaired) electrons. The summed E-state index contributed by atoms with van der Waals surface area (Å²) in [7, 11) is 0. The average Bonchev–Trinajstić information content (AvgIpc) is 2.70. The normalized spacial score (nSPS) is 16.6. The first-order valence-electron chi connectivity index (χ1n) is 9.33. The number of halogens is 1. The fourth-order valence-electron chi connectivity index (χ4n) is 3.63. The van der Waals surface area contributed by atoms with Crippen molar-refractivity contribution in [2.24, 2.45) is 0 Å². The fraction of sp³-hybridized carbons (Fsp3) is 0.333. The third-order valence-electron chi connectivity index (χ3n) is 5.16. The molecular weight excluding hydrogens is 422 g/mol. The molecule has 7 heteroatoms. The van der Waals surface area contributed by atoms with Crippen molar-refractivity contribution in [3.63, 3.8) is 0 Å². The van der Waals surface area contributed by atoms with Gasteiger partial charge in [0.2, 0.25) is 5.91 Å². The fourth-order valence-corrected chi connectivity index (χ4v) is 3.97. The van der Waals surface area contributed by atoms with Crippen molar-refractivity contribution in [2.45, 2.75) is 6.92 Å². The molecule has 0 unspecified atom stereocenters. The van der Waals surface area contributed by atoms with Gasteiger partial charge in [-0.3, -0.25) is 14.5 Å². The van der Waals surface area contributed by atoms with Gasteiger partial charge in [-0.2, -0.15) is 0 Å². The number of piperazine rings is 1. The summed E-state index contributed by atoms with van der Waals surface area (Å²) in [5.74, 6) is 0.389. The molecule has 2 aromatic carbocycles. The highest BCUT2D eigenvalue weighted by molar-refractivity contribution is 9.10. The van der Waals surface area contributed by atoms with Gasteiger partial charge in [-0.15, -0.1) is 0 Å². The van der Waals surface area contributed by atoms with E-state index in [1.807, 2.05) is 17.0 Å². The molecular formula is C21H22BrN3O3. The number of hydrogen-bond donors (Lipinski definition) is 0. The van der Waals surface area contributed by atoms with Gasteiger partial charge in [0.05, 0.1) is 5.69 Å². The van der Waals surface area contributed by atoms with Gasteiger partial charge in [-0.05, 0) is 42.8 Å². The summed E-state index contributed by atoms with van der Waals surface area (Å²) < 4.78 is 6.37. The number of benzene rings is 2. The summed E-state index contributed by atoms with van der Waals surface area (Å²) in [5, 5.41) is 0. The minimum Gasteiger partial charge on any atom is -0.482 e. The maximum absolute atomic E-state index is 12.8. The minimum absolute atomic E-state index is 0.0342. The first-order chi connectivity index (χ1) is 13.5. The van der Waals surface area contributed by atoms with E-state index in [1.54, 1.807) is 6.07 Å². The van der Waals surface area contributed by atoms with E-state index in [4.69, 9.17) is 4.74 Å². The summed E-state index contributed by atoms with van der Waals surface area (Å²) >= 11 is 3.40. The molecule has 1 fully saturated rings. The standard InChI is InChI=1S/C21H22BrN3O3/c1-15-3-2-4-17(11-15)23-7-9-24(10-8-23)20(26)13-25-18-6-5-16(22)12-19(18)28-14-21(25)27/h2-6,11-12H,7-10,13-14H2,1H3. The van der Waals surface area contributed by atoms with E-state index in [0.29, 0.717) is 24.5 Å². The smallest absolute Gasteiger partial charge is 0.265 e. The van der Waals surface area contributed by atoms with Crippen LogP contribution < -0.4 is 14.5 Å². The zero-order chi connectivity index (χ0) is 19.7. The molecule has 0 atom stereocenters. The monoisotopic (exact) mass is 443 g/mol. The number of anilines is 2. The summed E-state index contributed by atoms with van der Waals surface area (Å²) in [4.78, 5) is 30.9. The van der Waals surface area contributed by atoms with Crippen LogP contribution in [0.15, 0.2) is 46.9 Å². The lowest BCUT2D eigenvalue weighted by atomic mass is 10.2. The number of carbonyl (C=O) groups excluding carboxylic acids is 2. The molecule has 4 rings (SSSR count). The van der Waals surface area contributed by atoms with Crippen molar-refractivity contribution in [1.29, 1.82) is 0 Å². The van der Waals surface area contributed by atoms with Crippen LogP contribution in [0.2, 0.25) is 0 Å². The second-order valence-electron chi connectivity index (χ2n) is 7.09. The molecule has 2 aliphatic rings. The van der Waals surface area contributed by atoms with Crippen molar-refractivity contribution in [3.8, 4) is 5.75 Å². The first-order valence-corrected chi connectivity index (χ1v) is 10.1. The van der Waals surface area contributed by atoms with Gasteiger partial charge in [0.15, 0.2) is 6.61 Å². The molecule has 2 amide bonds. The predicted molar refractivity (Wildman–Crippen MR) is 112 cm³/mol. The molecule has 0 N–H and O–H groups in total. The Balaban J connectivity index is 1.41. The Morgan fingerprint density at radius 1 is 1.11 bits per heavy atom. The van der Waals surface area contributed by atoms with Gasteiger partial charge >= 0.3 is 0 Å². The van der Waals surface area contributed by atoms with E-state index in [1.165, 1.54) is 16.2 Å². The third-order valence-corrected chi connectivity index (χ3v) is 5.65.